The summed E-state index contributed by atoms with van der Waals surface area (Å²) >= 11 is 1.17. The Bertz CT molecular complexity index is 903. The standard InChI is InChI=1S/C20H20FN3O2S/c1-3-13-6-5-7-14(4-2)18(13)22-17(25)12-27-20-24-23-19(26-20)15-8-10-16(21)11-9-15/h5-11H,3-4,12H2,1-2H3,(H,22,25). The molecule has 1 N–H and O–H groups in total. The van der Waals surface area contributed by atoms with Crippen LogP contribution in [0.5, 0.6) is 0 Å². The molecule has 1 heterocycles. The number of nitrogens with one attached hydrogen (secondary N) is 1. The fourth-order valence-corrected chi connectivity index (χ4v) is 3.25. The minimum Gasteiger partial charge on any atom is -0.411 e. The number of nitrogens with zero attached hydrogens (tertiary/aromatic N) is 2. The van der Waals surface area contributed by atoms with Crippen molar-refractivity contribution < 1.29 is 13.6 Å². The third-order valence-electron chi connectivity index (χ3n) is 4.09. The molecule has 3 rings (SSSR count). The van der Waals surface area contributed by atoms with Crippen LogP contribution in [-0.4, -0.2) is 21.9 Å². The molecule has 0 aliphatic rings. The lowest BCUT2D eigenvalue weighted by Gasteiger charge is -2.13. The average molecular weight is 385 g/mol. The second kappa shape index (κ2) is 8.81. The minimum absolute atomic E-state index is 0.128. The number of para-hydroxylation sites is 1. The van der Waals surface area contributed by atoms with E-state index in [1.807, 2.05) is 18.2 Å². The summed E-state index contributed by atoms with van der Waals surface area (Å²) in [5.74, 6) is -0.00492. The summed E-state index contributed by atoms with van der Waals surface area (Å²) < 4.78 is 18.5. The Hall–Kier alpha value is -2.67. The zero-order valence-corrected chi connectivity index (χ0v) is 16.0. The van der Waals surface area contributed by atoms with Crippen LogP contribution in [0.3, 0.4) is 0 Å². The Labute approximate surface area is 161 Å². The molecule has 140 valence electrons. The van der Waals surface area contributed by atoms with Gasteiger partial charge in [0.05, 0.1) is 5.75 Å². The summed E-state index contributed by atoms with van der Waals surface area (Å²) in [5.41, 5.74) is 3.75. The monoisotopic (exact) mass is 385 g/mol. The molecule has 0 radical (unpaired) electrons. The maximum atomic E-state index is 13.0. The molecule has 0 unspecified atom stereocenters. The van der Waals surface area contributed by atoms with Gasteiger partial charge in [0.25, 0.3) is 5.22 Å². The highest BCUT2D eigenvalue weighted by atomic mass is 32.2. The van der Waals surface area contributed by atoms with Gasteiger partial charge < -0.3 is 9.73 Å². The number of benzene rings is 2. The Kier molecular flexibility index (Phi) is 6.24. The van der Waals surface area contributed by atoms with Crippen LogP contribution in [0.25, 0.3) is 11.5 Å². The second-order valence-corrected chi connectivity index (χ2v) is 6.80. The van der Waals surface area contributed by atoms with Crippen LogP contribution in [0.1, 0.15) is 25.0 Å². The van der Waals surface area contributed by atoms with Crippen LogP contribution in [0.2, 0.25) is 0 Å². The normalized spacial score (nSPS) is 10.8. The van der Waals surface area contributed by atoms with E-state index >= 15 is 0 Å². The first-order valence-corrected chi connectivity index (χ1v) is 9.72. The first-order valence-electron chi connectivity index (χ1n) is 8.73. The summed E-state index contributed by atoms with van der Waals surface area (Å²) in [6, 6.07) is 11.9. The maximum Gasteiger partial charge on any atom is 0.277 e. The summed E-state index contributed by atoms with van der Waals surface area (Å²) in [7, 11) is 0. The SMILES string of the molecule is CCc1cccc(CC)c1NC(=O)CSc1nnc(-c2ccc(F)cc2)o1. The van der Waals surface area contributed by atoms with Gasteiger partial charge >= 0.3 is 0 Å². The Morgan fingerprint density at radius 3 is 2.37 bits per heavy atom. The molecule has 5 nitrogen and oxygen atoms in total. The van der Waals surface area contributed by atoms with E-state index in [1.54, 1.807) is 12.1 Å². The zero-order chi connectivity index (χ0) is 19.2. The number of carbonyl (C=O) groups is 1. The van der Waals surface area contributed by atoms with E-state index in [0.29, 0.717) is 16.7 Å². The summed E-state index contributed by atoms with van der Waals surface area (Å²) in [4.78, 5) is 12.4. The third-order valence-corrected chi connectivity index (χ3v) is 4.91. The Morgan fingerprint density at radius 2 is 1.74 bits per heavy atom. The number of carbonyl (C=O) groups excluding carboxylic acids is 1. The number of anilines is 1. The fraction of sp³-hybridized carbons (Fsp3) is 0.250. The Morgan fingerprint density at radius 1 is 1.07 bits per heavy atom. The van der Waals surface area contributed by atoms with E-state index in [1.165, 1.54) is 23.9 Å². The van der Waals surface area contributed by atoms with Crippen molar-refractivity contribution in [2.24, 2.45) is 0 Å². The van der Waals surface area contributed by atoms with Crippen molar-refractivity contribution in [2.45, 2.75) is 31.9 Å². The smallest absolute Gasteiger partial charge is 0.277 e. The van der Waals surface area contributed by atoms with E-state index in [4.69, 9.17) is 4.42 Å². The molecule has 0 spiro atoms. The van der Waals surface area contributed by atoms with Crippen LogP contribution < -0.4 is 5.32 Å². The quantitative estimate of drug-likeness (QED) is 0.596. The molecule has 0 bridgehead atoms. The lowest BCUT2D eigenvalue weighted by molar-refractivity contribution is -0.113. The van der Waals surface area contributed by atoms with Gasteiger partial charge in [0.2, 0.25) is 11.8 Å². The van der Waals surface area contributed by atoms with Gasteiger partial charge in [-0.3, -0.25) is 4.79 Å². The number of hydrogen-bond acceptors (Lipinski definition) is 5. The van der Waals surface area contributed by atoms with Crippen molar-refractivity contribution in [2.75, 3.05) is 11.1 Å². The first-order chi connectivity index (χ1) is 13.1. The molecule has 0 aliphatic carbocycles. The van der Waals surface area contributed by atoms with Crippen molar-refractivity contribution in [3.05, 3.63) is 59.4 Å². The van der Waals surface area contributed by atoms with Gasteiger partial charge in [0.1, 0.15) is 5.82 Å². The molecule has 0 aliphatic heterocycles. The largest absolute Gasteiger partial charge is 0.411 e. The van der Waals surface area contributed by atoms with Gasteiger partial charge in [-0.1, -0.05) is 43.8 Å². The first kappa shape index (κ1) is 19.1. The molecule has 2 aromatic carbocycles. The van der Waals surface area contributed by atoms with Crippen LogP contribution in [0.4, 0.5) is 10.1 Å². The van der Waals surface area contributed by atoms with Gasteiger partial charge in [-0.15, -0.1) is 10.2 Å². The number of hydrogen-bond donors (Lipinski definition) is 1. The second-order valence-electron chi connectivity index (χ2n) is 5.88. The summed E-state index contributed by atoms with van der Waals surface area (Å²) in [5, 5.41) is 11.2. The van der Waals surface area contributed by atoms with Crippen molar-refractivity contribution in [1.29, 1.82) is 0 Å². The van der Waals surface area contributed by atoms with Gasteiger partial charge in [-0.25, -0.2) is 4.39 Å². The molecule has 1 amide bonds. The van der Waals surface area contributed by atoms with Crippen molar-refractivity contribution in [1.82, 2.24) is 10.2 Å². The van der Waals surface area contributed by atoms with Crippen LogP contribution in [0, 0.1) is 5.82 Å². The topological polar surface area (TPSA) is 68.0 Å². The Balaban J connectivity index is 1.63. The van der Waals surface area contributed by atoms with E-state index in [0.717, 1.165) is 29.7 Å². The van der Waals surface area contributed by atoms with Crippen LogP contribution in [-0.2, 0) is 17.6 Å². The molecule has 1 aromatic heterocycles. The predicted molar refractivity (Wildman–Crippen MR) is 104 cm³/mol. The molecule has 7 heteroatoms. The van der Waals surface area contributed by atoms with Crippen molar-refractivity contribution in [3.8, 4) is 11.5 Å². The van der Waals surface area contributed by atoms with E-state index in [-0.39, 0.29) is 17.5 Å². The zero-order valence-electron chi connectivity index (χ0n) is 15.2. The summed E-state index contributed by atoms with van der Waals surface area (Å²) in [6.07, 6.45) is 1.70. The lowest BCUT2D eigenvalue weighted by atomic mass is 10.0. The maximum absolute atomic E-state index is 13.0. The van der Waals surface area contributed by atoms with Crippen molar-refractivity contribution in [3.63, 3.8) is 0 Å². The number of rotatable bonds is 7. The highest BCUT2D eigenvalue weighted by Gasteiger charge is 2.14. The number of aryl methyl sites for hydroxylation is 2. The molecule has 0 saturated heterocycles. The van der Waals surface area contributed by atoms with Gasteiger partial charge in [-0.2, -0.15) is 0 Å². The predicted octanol–water partition coefficient (Wildman–Crippen LogP) is 4.73. The number of halogens is 1. The molecular formula is C20H20FN3O2S. The van der Waals surface area contributed by atoms with E-state index in [9.17, 15) is 9.18 Å². The molecule has 0 atom stereocenters. The van der Waals surface area contributed by atoms with E-state index < -0.39 is 0 Å². The fourth-order valence-electron chi connectivity index (χ4n) is 2.68. The minimum atomic E-state index is -0.330. The third kappa shape index (κ3) is 4.74. The van der Waals surface area contributed by atoms with Crippen LogP contribution >= 0.6 is 11.8 Å². The molecule has 0 fully saturated rings. The number of aromatic nitrogens is 2. The summed E-state index contributed by atoms with van der Waals surface area (Å²) in [6.45, 7) is 4.13. The molecular weight excluding hydrogens is 365 g/mol. The van der Waals surface area contributed by atoms with Gasteiger partial charge in [-0.05, 0) is 48.2 Å². The van der Waals surface area contributed by atoms with Gasteiger partial charge in [0.15, 0.2) is 0 Å². The molecule has 27 heavy (non-hydrogen) atoms. The van der Waals surface area contributed by atoms with Gasteiger partial charge in [0, 0.05) is 11.3 Å². The molecule has 0 saturated carbocycles. The van der Waals surface area contributed by atoms with Crippen LogP contribution in [0.15, 0.2) is 52.1 Å². The highest BCUT2D eigenvalue weighted by molar-refractivity contribution is 7.99. The molecule has 3 aromatic rings. The van der Waals surface area contributed by atoms with E-state index in [2.05, 4.69) is 29.4 Å². The number of amides is 1. The highest BCUT2D eigenvalue weighted by Crippen LogP contribution is 2.25. The lowest BCUT2D eigenvalue weighted by Crippen LogP contribution is -2.16. The van der Waals surface area contributed by atoms with Crippen molar-refractivity contribution >= 4 is 23.4 Å². The average Bonchev–Trinajstić information content (AvgIpc) is 3.16. The number of thioether (sulfide) groups is 1.